The zero-order valence-electron chi connectivity index (χ0n) is 31.4. The highest BCUT2D eigenvalue weighted by atomic mass is 16.6. The van der Waals surface area contributed by atoms with Gasteiger partial charge in [0.25, 0.3) is 0 Å². The summed E-state index contributed by atoms with van der Waals surface area (Å²) in [5, 5.41) is 9.57. The summed E-state index contributed by atoms with van der Waals surface area (Å²) in [5.41, 5.74) is 0. The Bertz CT molecular complexity index is 891. The van der Waals surface area contributed by atoms with E-state index in [0.29, 0.717) is 19.3 Å². The van der Waals surface area contributed by atoms with E-state index in [9.17, 15) is 19.5 Å². The summed E-state index contributed by atoms with van der Waals surface area (Å²) in [6.07, 6.45) is 33.3. The number of allylic oxidation sites excluding steroid dienone is 6. The standard InChI is InChI=1S/C40H71NO7/c1-6-8-10-12-14-16-18-19-21-22-24-26-28-30-38(42)47-35-36(34-46-33-32-37(40(44)45)41(3,4)5)48-39(43)31-29-27-25-23-20-17-15-13-11-9-7-2/h13,15,17,19-21,36-37H,6-12,14,16,18,22-35H2,1-5H3/p+1/b15-13+,20-17+,21-19+. The van der Waals surface area contributed by atoms with E-state index in [1.165, 1.54) is 51.4 Å². The lowest BCUT2D eigenvalue weighted by Gasteiger charge is -2.31. The summed E-state index contributed by atoms with van der Waals surface area (Å²) >= 11 is 0. The van der Waals surface area contributed by atoms with Crippen LogP contribution in [0.25, 0.3) is 0 Å². The Balaban J connectivity index is 4.49. The van der Waals surface area contributed by atoms with Gasteiger partial charge in [-0.1, -0.05) is 108 Å². The molecule has 0 aliphatic rings. The van der Waals surface area contributed by atoms with Gasteiger partial charge in [-0.2, -0.15) is 0 Å². The third-order valence-electron chi connectivity index (χ3n) is 8.29. The van der Waals surface area contributed by atoms with Gasteiger partial charge in [0, 0.05) is 19.3 Å². The van der Waals surface area contributed by atoms with E-state index in [-0.39, 0.29) is 36.2 Å². The van der Waals surface area contributed by atoms with Crippen molar-refractivity contribution < 1.29 is 38.2 Å². The number of hydrogen-bond donors (Lipinski definition) is 1. The van der Waals surface area contributed by atoms with Crippen LogP contribution in [0.2, 0.25) is 0 Å². The molecule has 0 aromatic rings. The number of nitrogens with zero attached hydrogens (tertiary/aromatic N) is 1. The van der Waals surface area contributed by atoms with Gasteiger partial charge in [0.2, 0.25) is 0 Å². The van der Waals surface area contributed by atoms with Crippen molar-refractivity contribution in [1.29, 1.82) is 0 Å². The first-order valence-electron chi connectivity index (χ1n) is 19.0. The number of aliphatic carboxylic acids is 1. The predicted molar refractivity (Wildman–Crippen MR) is 197 cm³/mol. The Labute approximate surface area is 293 Å². The molecule has 0 bridgehead atoms. The molecule has 0 aromatic carbocycles. The second-order valence-corrected chi connectivity index (χ2v) is 13.9. The van der Waals surface area contributed by atoms with E-state index < -0.39 is 18.1 Å². The number of esters is 2. The number of carboxylic acids is 1. The van der Waals surface area contributed by atoms with E-state index in [1.807, 2.05) is 21.1 Å². The number of unbranched alkanes of at least 4 members (excludes halogenated alkanes) is 14. The van der Waals surface area contributed by atoms with Gasteiger partial charge in [-0.15, -0.1) is 0 Å². The summed E-state index contributed by atoms with van der Waals surface area (Å²) < 4.78 is 17.1. The molecule has 8 nitrogen and oxygen atoms in total. The first-order chi connectivity index (χ1) is 23.1. The number of rotatable bonds is 33. The van der Waals surface area contributed by atoms with Crippen LogP contribution in [-0.2, 0) is 28.6 Å². The number of quaternary nitrogens is 1. The van der Waals surface area contributed by atoms with Gasteiger partial charge in [0.15, 0.2) is 12.1 Å². The fourth-order valence-electron chi connectivity index (χ4n) is 5.24. The third kappa shape index (κ3) is 29.7. The second kappa shape index (κ2) is 31.8. The van der Waals surface area contributed by atoms with Crippen LogP contribution in [0, 0.1) is 0 Å². The molecule has 1 N–H and O–H groups in total. The first-order valence-corrected chi connectivity index (χ1v) is 19.0. The quantitative estimate of drug-likeness (QED) is 0.0243. The van der Waals surface area contributed by atoms with Crippen molar-refractivity contribution in [2.24, 2.45) is 0 Å². The van der Waals surface area contributed by atoms with E-state index in [2.05, 4.69) is 50.3 Å². The fourth-order valence-corrected chi connectivity index (χ4v) is 5.24. The van der Waals surface area contributed by atoms with E-state index in [0.717, 1.165) is 64.2 Å². The Hall–Kier alpha value is -2.45. The summed E-state index contributed by atoms with van der Waals surface area (Å²) in [6.45, 7) is 4.61. The predicted octanol–water partition coefficient (Wildman–Crippen LogP) is 9.52. The summed E-state index contributed by atoms with van der Waals surface area (Å²) in [6, 6.07) is -0.619. The Morgan fingerprint density at radius 3 is 1.69 bits per heavy atom. The van der Waals surface area contributed by atoms with Gasteiger partial charge in [0.05, 0.1) is 34.4 Å². The van der Waals surface area contributed by atoms with Gasteiger partial charge < -0.3 is 23.8 Å². The lowest BCUT2D eigenvalue weighted by molar-refractivity contribution is -0.887. The normalized spacial score (nSPS) is 13.4. The van der Waals surface area contributed by atoms with Gasteiger partial charge in [-0.3, -0.25) is 9.59 Å². The molecule has 2 atom stereocenters. The lowest BCUT2D eigenvalue weighted by atomic mass is 10.1. The van der Waals surface area contributed by atoms with Gasteiger partial charge in [-0.05, 0) is 57.8 Å². The van der Waals surface area contributed by atoms with Crippen LogP contribution in [0.3, 0.4) is 0 Å². The molecule has 0 heterocycles. The van der Waals surface area contributed by atoms with Crippen LogP contribution in [0.4, 0.5) is 0 Å². The molecule has 0 aromatic heterocycles. The Kier molecular flexibility index (Phi) is 30.2. The SMILES string of the molecule is CCCC/C=C/C=C/CCCCCC(=O)OC(COCCC(C(=O)O)[N+](C)(C)C)COC(=O)CCCCC/C=C/CCCCCCCC. The fraction of sp³-hybridized carbons (Fsp3) is 0.775. The molecule has 2 unspecified atom stereocenters. The van der Waals surface area contributed by atoms with Crippen molar-refractivity contribution in [3.05, 3.63) is 36.5 Å². The average molecular weight is 679 g/mol. The van der Waals surface area contributed by atoms with Crippen molar-refractivity contribution in [1.82, 2.24) is 0 Å². The summed E-state index contributed by atoms with van der Waals surface area (Å²) in [5.74, 6) is -1.53. The van der Waals surface area contributed by atoms with Crippen LogP contribution >= 0.6 is 0 Å². The average Bonchev–Trinajstić information content (AvgIpc) is 3.03. The van der Waals surface area contributed by atoms with Crippen molar-refractivity contribution in [2.75, 3.05) is 41.0 Å². The topological polar surface area (TPSA) is 99.1 Å². The minimum Gasteiger partial charge on any atom is -0.477 e. The molecule has 0 aliphatic carbocycles. The molecular weight excluding hydrogens is 606 g/mol. The highest BCUT2D eigenvalue weighted by molar-refractivity contribution is 5.72. The Morgan fingerprint density at radius 2 is 1.12 bits per heavy atom. The maximum Gasteiger partial charge on any atom is 0.362 e. The number of ether oxygens (including phenoxy) is 3. The van der Waals surface area contributed by atoms with Crippen molar-refractivity contribution in [3.8, 4) is 0 Å². The van der Waals surface area contributed by atoms with Crippen LogP contribution in [0.15, 0.2) is 36.5 Å². The van der Waals surface area contributed by atoms with Crippen molar-refractivity contribution in [3.63, 3.8) is 0 Å². The minimum absolute atomic E-state index is 0.0458. The molecule has 0 saturated heterocycles. The van der Waals surface area contributed by atoms with Crippen LogP contribution < -0.4 is 0 Å². The maximum absolute atomic E-state index is 12.6. The minimum atomic E-state index is -0.883. The number of hydrogen-bond acceptors (Lipinski definition) is 6. The van der Waals surface area contributed by atoms with Gasteiger partial charge in [0.1, 0.15) is 6.61 Å². The molecule has 0 saturated carbocycles. The molecule has 0 spiro atoms. The van der Waals surface area contributed by atoms with E-state index in [1.54, 1.807) is 0 Å². The zero-order chi connectivity index (χ0) is 35.7. The molecule has 0 radical (unpaired) electrons. The van der Waals surface area contributed by atoms with Gasteiger partial charge >= 0.3 is 17.9 Å². The molecular formula is C40H72NO7+. The maximum atomic E-state index is 12.6. The van der Waals surface area contributed by atoms with Crippen molar-refractivity contribution >= 4 is 17.9 Å². The molecule has 48 heavy (non-hydrogen) atoms. The van der Waals surface area contributed by atoms with Crippen LogP contribution in [0.5, 0.6) is 0 Å². The number of carbonyl (C=O) groups excluding carboxylic acids is 2. The molecule has 0 aliphatic heterocycles. The molecule has 0 rings (SSSR count). The lowest BCUT2D eigenvalue weighted by Crippen LogP contribution is -2.50. The highest BCUT2D eigenvalue weighted by Gasteiger charge is 2.31. The van der Waals surface area contributed by atoms with E-state index in [4.69, 9.17) is 14.2 Å². The Morgan fingerprint density at radius 1 is 0.625 bits per heavy atom. The number of carboxylic acid groups (broad SMARTS) is 1. The third-order valence-corrected chi connectivity index (χ3v) is 8.29. The summed E-state index contributed by atoms with van der Waals surface area (Å²) in [7, 11) is 5.50. The zero-order valence-corrected chi connectivity index (χ0v) is 31.4. The first kappa shape index (κ1) is 45.6. The largest absolute Gasteiger partial charge is 0.477 e. The molecule has 278 valence electrons. The summed E-state index contributed by atoms with van der Waals surface area (Å²) in [4.78, 5) is 36.7. The van der Waals surface area contributed by atoms with Crippen LogP contribution in [-0.4, -0.2) is 80.6 Å². The number of carbonyl (C=O) groups is 3. The monoisotopic (exact) mass is 679 g/mol. The second-order valence-electron chi connectivity index (χ2n) is 13.9. The highest BCUT2D eigenvalue weighted by Crippen LogP contribution is 2.12. The smallest absolute Gasteiger partial charge is 0.362 e. The van der Waals surface area contributed by atoms with Crippen LogP contribution in [0.1, 0.15) is 149 Å². The molecule has 0 fully saturated rings. The van der Waals surface area contributed by atoms with Gasteiger partial charge in [-0.25, -0.2) is 4.79 Å². The molecule has 0 amide bonds. The molecule has 8 heteroatoms. The van der Waals surface area contributed by atoms with E-state index >= 15 is 0 Å². The van der Waals surface area contributed by atoms with Crippen molar-refractivity contribution in [2.45, 2.75) is 161 Å². The number of likely N-dealkylation sites (N-methyl/N-ethyl adjacent to an activating group) is 1.